The molecule has 0 saturated heterocycles. The van der Waals surface area contributed by atoms with Crippen LogP contribution in [0.2, 0.25) is 5.02 Å². The molecule has 154 valence electrons. The number of nitrogens with zero attached hydrogens (tertiary/aromatic N) is 1. The number of rotatable bonds is 7. The Balaban J connectivity index is 1.52. The SMILES string of the molecule is C/C(=N\NC(=O)COc1ccc(Cl)cc1C)c1ccc(NC(=O)c2ccco2)cc1. The Bertz CT molecular complexity index is 1060. The second-order valence-corrected chi connectivity index (χ2v) is 6.88. The highest BCUT2D eigenvalue weighted by Gasteiger charge is 2.09. The number of aryl methyl sites for hydroxylation is 1. The number of halogens is 1. The number of carbonyl (C=O) groups excluding carboxylic acids is 2. The first kappa shape index (κ1) is 21.1. The van der Waals surface area contributed by atoms with Gasteiger partial charge in [-0.15, -0.1) is 0 Å². The topological polar surface area (TPSA) is 92.9 Å². The second-order valence-electron chi connectivity index (χ2n) is 6.44. The molecule has 0 bridgehead atoms. The van der Waals surface area contributed by atoms with Crippen LogP contribution in [0.5, 0.6) is 5.75 Å². The minimum absolute atomic E-state index is 0.170. The molecule has 0 radical (unpaired) electrons. The first-order valence-corrected chi connectivity index (χ1v) is 9.47. The van der Waals surface area contributed by atoms with E-state index in [9.17, 15) is 9.59 Å². The third kappa shape index (κ3) is 5.71. The molecule has 7 nitrogen and oxygen atoms in total. The van der Waals surface area contributed by atoms with Crippen molar-refractivity contribution in [3.8, 4) is 5.75 Å². The van der Waals surface area contributed by atoms with E-state index in [0.29, 0.717) is 22.2 Å². The van der Waals surface area contributed by atoms with Gasteiger partial charge in [0.25, 0.3) is 11.8 Å². The maximum absolute atomic E-state index is 12.0. The number of carbonyl (C=O) groups is 2. The van der Waals surface area contributed by atoms with Crippen LogP contribution >= 0.6 is 11.6 Å². The van der Waals surface area contributed by atoms with Crippen molar-refractivity contribution in [3.63, 3.8) is 0 Å². The molecule has 0 aliphatic heterocycles. The number of hydrazone groups is 1. The van der Waals surface area contributed by atoms with Crippen LogP contribution in [0, 0.1) is 6.92 Å². The van der Waals surface area contributed by atoms with Crippen molar-refractivity contribution in [2.45, 2.75) is 13.8 Å². The Labute approximate surface area is 178 Å². The molecule has 2 amide bonds. The predicted octanol–water partition coefficient (Wildman–Crippen LogP) is 4.41. The zero-order valence-electron chi connectivity index (χ0n) is 16.4. The van der Waals surface area contributed by atoms with Crippen molar-refractivity contribution >= 4 is 34.8 Å². The van der Waals surface area contributed by atoms with Crippen molar-refractivity contribution in [1.29, 1.82) is 0 Å². The smallest absolute Gasteiger partial charge is 0.291 e. The van der Waals surface area contributed by atoms with Gasteiger partial charge in [-0.3, -0.25) is 9.59 Å². The number of hydrogen-bond acceptors (Lipinski definition) is 5. The summed E-state index contributed by atoms with van der Waals surface area (Å²) in [5.74, 6) is 0.102. The fraction of sp³-hybridized carbons (Fsp3) is 0.136. The summed E-state index contributed by atoms with van der Waals surface area (Å²) in [6.07, 6.45) is 1.44. The van der Waals surface area contributed by atoms with Gasteiger partial charge in [-0.25, -0.2) is 5.43 Å². The van der Waals surface area contributed by atoms with Gasteiger partial charge in [0.15, 0.2) is 12.4 Å². The van der Waals surface area contributed by atoms with E-state index in [1.165, 1.54) is 6.26 Å². The van der Waals surface area contributed by atoms with Crippen molar-refractivity contribution in [2.75, 3.05) is 11.9 Å². The van der Waals surface area contributed by atoms with Gasteiger partial charge in [0.2, 0.25) is 0 Å². The molecular formula is C22H20ClN3O4. The minimum Gasteiger partial charge on any atom is -0.483 e. The van der Waals surface area contributed by atoms with Crippen LogP contribution in [0.1, 0.15) is 28.6 Å². The third-order valence-corrected chi connectivity index (χ3v) is 4.38. The second kappa shape index (κ2) is 9.76. The highest BCUT2D eigenvalue weighted by molar-refractivity contribution is 6.30. The summed E-state index contributed by atoms with van der Waals surface area (Å²) in [6.45, 7) is 3.44. The van der Waals surface area contributed by atoms with Gasteiger partial charge >= 0.3 is 0 Å². The zero-order valence-corrected chi connectivity index (χ0v) is 17.2. The molecule has 0 atom stereocenters. The van der Waals surface area contributed by atoms with Crippen molar-refractivity contribution in [3.05, 3.63) is 82.8 Å². The number of nitrogens with one attached hydrogen (secondary N) is 2. The summed E-state index contributed by atoms with van der Waals surface area (Å²) in [7, 11) is 0. The molecular weight excluding hydrogens is 406 g/mol. The summed E-state index contributed by atoms with van der Waals surface area (Å²) < 4.78 is 10.5. The van der Waals surface area contributed by atoms with Crippen molar-refractivity contribution in [2.24, 2.45) is 5.10 Å². The molecule has 0 aliphatic carbocycles. The number of furan rings is 1. The molecule has 0 fully saturated rings. The van der Waals surface area contributed by atoms with E-state index in [1.807, 2.05) is 6.92 Å². The molecule has 2 N–H and O–H groups in total. The first-order valence-electron chi connectivity index (χ1n) is 9.10. The monoisotopic (exact) mass is 425 g/mol. The van der Waals surface area contributed by atoms with E-state index >= 15 is 0 Å². The lowest BCUT2D eigenvalue weighted by Gasteiger charge is -2.09. The molecule has 8 heteroatoms. The Kier molecular flexibility index (Phi) is 6.87. The Morgan fingerprint density at radius 2 is 1.90 bits per heavy atom. The van der Waals surface area contributed by atoms with Crippen LogP contribution in [-0.2, 0) is 4.79 Å². The van der Waals surface area contributed by atoms with E-state index < -0.39 is 0 Å². The number of anilines is 1. The predicted molar refractivity (Wildman–Crippen MR) is 115 cm³/mol. The van der Waals surface area contributed by atoms with Gasteiger partial charge < -0.3 is 14.5 Å². The van der Waals surface area contributed by atoms with Crippen LogP contribution in [0.3, 0.4) is 0 Å². The highest BCUT2D eigenvalue weighted by atomic mass is 35.5. The normalized spacial score (nSPS) is 11.1. The summed E-state index contributed by atoms with van der Waals surface area (Å²) in [5, 5.41) is 7.43. The van der Waals surface area contributed by atoms with Gasteiger partial charge in [0, 0.05) is 10.7 Å². The van der Waals surface area contributed by atoms with Crippen LogP contribution < -0.4 is 15.5 Å². The molecule has 1 aromatic heterocycles. The van der Waals surface area contributed by atoms with Crippen LogP contribution in [0.4, 0.5) is 5.69 Å². The fourth-order valence-electron chi connectivity index (χ4n) is 2.56. The van der Waals surface area contributed by atoms with E-state index in [-0.39, 0.29) is 24.2 Å². The maximum atomic E-state index is 12.0. The van der Waals surface area contributed by atoms with E-state index in [2.05, 4.69) is 15.8 Å². The molecule has 30 heavy (non-hydrogen) atoms. The lowest BCUT2D eigenvalue weighted by atomic mass is 10.1. The lowest BCUT2D eigenvalue weighted by molar-refractivity contribution is -0.123. The summed E-state index contributed by atoms with van der Waals surface area (Å²) in [4.78, 5) is 24.0. The van der Waals surface area contributed by atoms with E-state index in [1.54, 1.807) is 61.5 Å². The molecule has 2 aromatic carbocycles. The quantitative estimate of drug-likeness (QED) is 0.433. The number of amides is 2. The Morgan fingerprint density at radius 3 is 2.57 bits per heavy atom. The van der Waals surface area contributed by atoms with E-state index in [0.717, 1.165) is 11.1 Å². The minimum atomic E-state index is -0.383. The third-order valence-electron chi connectivity index (χ3n) is 4.15. The average molecular weight is 426 g/mol. The summed E-state index contributed by atoms with van der Waals surface area (Å²) in [5.41, 5.74) is 5.32. The molecule has 0 aliphatic rings. The van der Waals surface area contributed by atoms with Crippen molar-refractivity contribution in [1.82, 2.24) is 5.43 Å². The zero-order chi connectivity index (χ0) is 21.5. The Hall–Kier alpha value is -3.58. The Morgan fingerprint density at radius 1 is 1.13 bits per heavy atom. The molecule has 0 unspecified atom stereocenters. The molecule has 0 saturated carbocycles. The van der Waals surface area contributed by atoms with Crippen LogP contribution in [-0.4, -0.2) is 24.1 Å². The largest absolute Gasteiger partial charge is 0.483 e. The number of ether oxygens (including phenoxy) is 1. The van der Waals surface area contributed by atoms with Gasteiger partial charge in [0.1, 0.15) is 5.75 Å². The average Bonchev–Trinajstić information content (AvgIpc) is 3.27. The van der Waals surface area contributed by atoms with Gasteiger partial charge in [-0.1, -0.05) is 23.7 Å². The van der Waals surface area contributed by atoms with Gasteiger partial charge in [-0.05, 0) is 67.4 Å². The molecule has 0 spiro atoms. The van der Waals surface area contributed by atoms with Crippen LogP contribution in [0.25, 0.3) is 0 Å². The van der Waals surface area contributed by atoms with Crippen molar-refractivity contribution < 1.29 is 18.7 Å². The number of benzene rings is 2. The fourth-order valence-corrected chi connectivity index (χ4v) is 2.78. The van der Waals surface area contributed by atoms with Crippen LogP contribution in [0.15, 0.2) is 70.4 Å². The first-order chi connectivity index (χ1) is 14.4. The lowest BCUT2D eigenvalue weighted by Crippen LogP contribution is -2.25. The molecule has 3 rings (SSSR count). The summed E-state index contributed by atoms with van der Waals surface area (Å²) in [6, 6.07) is 15.5. The molecule has 3 aromatic rings. The summed E-state index contributed by atoms with van der Waals surface area (Å²) >= 11 is 5.90. The van der Waals surface area contributed by atoms with Gasteiger partial charge in [-0.2, -0.15) is 5.10 Å². The van der Waals surface area contributed by atoms with E-state index in [4.69, 9.17) is 20.8 Å². The van der Waals surface area contributed by atoms with Gasteiger partial charge in [0.05, 0.1) is 12.0 Å². The standard InChI is InChI=1S/C22H20ClN3O4/c1-14-12-17(23)7-10-19(14)30-13-21(27)26-25-15(2)16-5-8-18(9-6-16)24-22(28)20-4-3-11-29-20/h3-12H,13H2,1-2H3,(H,24,28)(H,26,27)/b25-15+. The molecule has 1 heterocycles. The maximum Gasteiger partial charge on any atom is 0.291 e. The number of hydrogen-bond donors (Lipinski definition) is 2. The highest BCUT2D eigenvalue weighted by Crippen LogP contribution is 2.21.